The smallest absolute Gasteiger partial charge is 0.261 e. The molecule has 0 radical (unpaired) electrons. The summed E-state index contributed by atoms with van der Waals surface area (Å²) in [5, 5.41) is 19.7. The number of rotatable bonds is 6. The fourth-order valence-corrected chi connectivity index (χ4v) is 4.17. The van der Waals surface area contributed by atoms with E-state index in [1.807, 2.05) is 55.5 Å². The Kier molecular flexibility index (Phi) is 6.37. The first-order valence-electron chi connectivity index (χ1n) is 11.0. The number of nitrogens with zero attached hydrogens (tertiary/aromatic N) is 3. The highest BCUT2D eigenvalue weighted by Crippen LogP contribution is 2.27. The number of nitriles is 1. The molecule has 0 fully saturated rings. The minimum Gasteiger partial charge on any atom is -0.508 e. The molecule has 0 aliphatic rings. The third-order valence-electron chi connectivity index (χ3n) is 5.74. The van der Waals surface area contributed by atoms with Gasteiger partial charge in [-0.15, -0.1) is 0 Å². The maximum Gasteiger partial charge on any atom is 0.261 e. The van der Waals surface area contributed by atoms with Crippen LogP contribution in [0, 0.1) is 18.3 Å². The van der Waals surface area contributed by atoms with Crippen LogP contribution < -0.4 is 5.56 Å². The molecule has 0 unspecified atom stereocenters. The largest absolute Gasteiger partial charge is 0.508 e. The van der Waals surface area contributed by atoms with Crippen molar-refractivity contribution in [1.29, 1.82) is 5.26 Å². The highest BCUT2D eigenvalue weighted by Gasteiger charge is 2.18. The van der Waals surface area contributed by atoms with Crippen molar-refractivity contribution < 1.29 is 5.11 Å². The molecule has 0 aliphatic carbocycles. The Morgan fingerprint density at radius 2 is 1.73 bits per heavy atom. The zero-order valence-electron chi connectivity index (χ0n) is 18.7. The quantitative estimate of drug-likeness (QED) is 0.444. The first-order chi connectivity index (χ1) is 16.0. The summed E-state index contributed by atoms with van der Waals surface area (Å²) in [6.45, 7) is 3.87. The van der Waals surface area contributed by atoms with Crippen LogP contribution in [-0.4, -0.2) is 14.7 Å². The van der Waals surface area contributed by atoms with Crippen LogP contribution in [0.2, 0.25) is 0 Å². The fourth-order valence-electron chi connectivity index (χ4n) is 4.17. The van der Waals surface area contributed by atoms with Gasteiger partial charge in [-0.25, -0.2) is 4.98 Å². The first-order valence-corrected chi connectivity index (χ1v) is 11.0. The van der Waals surface area contributed by atoms with E-state index >= 15 is 0 Å². The fraction of sp³-hybridized carbons (Fsp3) is 0.179. The molecule has 33 heavy (non-hydrogen) atoms. The van der Waals surface area contributed by atoms with Crippen LogP contribution in [0.3, 0.4) is 0 Å². The second kappa shape index (κ2) is 9.54. The molecule has 164 valence electrons. The van der Waals surface area contributed by atoms with E-state index in [0.29, 0.717) is 35.5 Å². The van der Waals surface area contributed by atoms with Crippen molar-refractivity contribution in [3.63, 3.8) is 0 Å². The van der Waals surface area contributed by atoms with Gasteiger partial charge in [0.25, 0.3) is 5.56 Å². The average Bonchev–Trinajstić information content (AvgIpc) is 2.83. The zero-order valence-corrected chi connectivity index (χ0v) is 18.7. The predicted molar refractivity (Wildman–Crippen MR) is 130 cm³/mol. The van der Waals surface area contributed by atoms with Gasteiger partial charge in [-0.3, -0.25) is 9.36 Å². The van der Waals surface area contributed by atoms with Gasteiger partial charge in [0.1, 0.15) is 17.6 Å². The molecule has 0 atom stereocenters. The molecular weight excluding hydrogens is 410 g/mol. The second-order valence-electron chi connectivity index (χ2n) is 7.99. The monoisotopic (exact) mass is 435 g/mol. The lowest BCUT2D eigenvalue weighted by molar-refractivity contribution is 0.475. The van der Waals surface area contributed by atoms with Gasteiger partial charge in [0, 0.05) is 12.0 Å². The topological polar surface area (TPSA) is 78.9 Å². The Morgan fingerprint density at radius 1 is 1.00 bits per heavy atom. The van der Waals surface area contributed by atoms with E-state index in [1.54, 1.807) is 28.8 Å². The van der Waals surface area contributed by atoms with E-state index in [9.17, 15) is 15.2 Å². The Morgan fingerprint density at radius 3 is 2.39 bits per heavy atom. The number of benzene rings is 3. The van der Waals surface area contributed by atoms with E-state index in [2.05, 4.69) is 13.0 Å². The van der Waals surface area contributed by atoms with E-state index in [4.69, 9.17) is 4.98 Å². The van der Waals surface area contributed by atoms with Gasteiger partial charge in [-0.1, -0.05) is 61.9 Å². The maximum absolute atomic E-state index is 13.7. The lowest BCUT2D eigenvalue weighted by Gasteiger charge is -2.16. The van der Waals surface area contributed by atoms with E-state index in [-0.39, 0.29) is 11.3 Å². The van der Waals surface area contributed by atoms with Crippen molar-refractivity contribution in [2.45, 2.75) is 33.1 Å². The molecule has 0 aliphatic heterocycles. The summed E-state index contributed by atoms with van der Waals surface area (Å²) in [6, 6.07) is 24.4. The number of hydrogen-bond donors (Lipinski definition) is 1. The van der Waals surface area contributed by atoms with Crippen LogP contribution in [0.1, 0.15) is 41.6 Å². The predicted octanol–water partition coefficient (Wildman–Crippen LogP) is 5.33. The number of phenols is 1. The van der Waals surface area contributed by atoms with Crippen LogP contribution in [0.4, 0.5) is 0 Å². The lowest BCUT2D eigenvalue weighted by atomic mass is 9.92. The molecule has 0 amide bonds. The standard InChI is InChI=1S/C28H25N3O2/c1-3-8-27-25(28(33)31(19(2)30-27)22-13-15-23(32)16-14-22)17-21-11-7-12-24(26(21)18-29)20-9-5-4-6-10-20/h4-7,9-16,32H,3,8,17H2,1-2H3. The molecule has 4 rings (SSSR count). The molecule has 5 nitrogen and oxygen atoms in total. The molecule has 0 saturated heterocycles. The van der Waals surface area contributed by atoms with Crippen LogP contribution in [0.15, 0.2) is 77.6 Å². The summed E-state index contributed by atoms with van der Waals surface area (Å²) in [5.41, 5.74) is 5.05. The summed E-state index contributed by atoms with van der Waals surface area (Å²) in [4.78, 5) is 18.5. The lowest BCUT2D eigenvalue weighted by Crippen LogP contribution is -2.28. The average molecular weight is 436 g/mol. The molecule has 3 aromatic carbocycles. The van der Waals surface area contributed by atoms with Gasteiger partial charge in [0.05, 0.1) is 16.9 Å². The summed E-state index contributed by atoms with van der Waals surface area (Å²) >= 11 is 0. The van der Waals surface area contributed by atoms with E-state index < -0.39 is 0 Å². The Hall–Kier alpha value is -4.17. The van der Waals surface area contributed by atoms with Crippen molar-refractivity contribution in [3.8, 4) is 28.6 Å². The van der Waals surface area contributed by atoms with Crippen molar-refractivity contribution in [2.75, 3.05) is 0 Å². The van der Waals surface area contributed by atoms with Gasteiger partial charge in [0.2, 0.25) is 0 Å². The van der Waals surface area contributed by atoms with Crippen molar-refractivity contribution in [1.82, 2.24) is 9.55 Å². The Balaban J connectivity index is 1.88. The minimum atomic E-state index is -0.148. The molecule has 1 heterocycles. The second-order valence-corrected chi connectivity index (χ2v) is 7.99. The maximum atomic E-state index is 13.7. The summed E-state index contributed by atoms with van der Waals surface area (Å²) < 4.78 is 1.57. The highest BCUT2D eigenvalue weighted by atomic mass is 16.3. The van der Waals surface area contributed by atoms with E-state index in [1.165, 1.54) is 0 Å². The molecule has 1 aromatic heterocycles. The first kappa shape index (κ1) is 22.0. The number of hydrogen-bond acceptors (Lipinski definition) is 4. The van der Waals surface area contributed by atoms with Gasteiger partial charge in [-0.2, -0.15) is 5.26 Å². The van der Waals surface area contributed by atoms with Crippen molar-refractivity contribution in [3.05, 3.63) is 111 Å². The molecule has 1 N–H and O–H groups in total. The van der Waals surface area contributed by atoms with Gasteiger partial charge in [0.15, 0.2) is 0 Å². The molecule has 0 bridgehead atoms. The highest BCUT2D eigenvalue weighted by molar-refractivity contribution is 5.72. The van der Waals surface area contributed by atoms with Gasteiger partial charge in [-0.05, 0) is 54.3 Å². The van der Waals surface area contributed by atoms with Crippen LogP contribution in [0.5, 0.6) is 5.75 Å². The molecule has 0 spiro atoms. The SMILES string of the molecule is CCCc1nc(C)n(-c2ccc(O)cc2)c(=O)c1Cc1cccc(-c2ccccc2)c1C#N. The van der Waals surface area contributed by atoms with Gasteiger partial charge >= 0.3 is 0 Å². The van der Waals surface area contributed by atoms with Gasteiger partial charge < -0.3 is 5.11 Å². The minimum absolute atomic E-state index is 0.136. The zero-order chi connectivity index (χ0) is 23.4. The number of aryl methyl sites for hydroxylation is 2. The number of aromatic nitrogens is 2. The molecule has 4 aromatic rings. The van der Waals surface area contributed by atoms with Crippen LogP contribution in [0.25, 0.3) is 16.8 Å². The van der Waals surface area contributed by atoms with Crippen molar-refractivity contribution >= 4 is 0 Å². The third kappa shape index (κ3) is 4.42. The third-order valence-corrected chi connectivity index (χ3v) is 5.74. The van der Waals surface area contributed by atoms with Crippen molar-refractivity contribution in [2.24, 2.45) is 0 Å². The Labute approximate surface area is 193 Å². The van der Waals surface area contributed by atoms with Crippen LogP contribution >= 0.6 is 0 Å². The summed E-state index contributed by atoms with van der Waals surface area (Å²) in [5.74, 6) is 0.730. The molecular formula is C28H25N3O2. The normalized spacial score (nSPS) is 10.7. The Bertz CT molecular complexity index is 1380. The molecule has 0 saturated carbocycles. The number of aromatic hydroxyl groups is 1. The summed E-state index contributed by atoms with van der Waals surface area (Å²) in [6.07, 6.45) is 1.86. The van der Waals surface area contributed by atoms with Crippen LogP contribution in [-0.2, 0) is 12.8 Å². The number of phenolic OH excluding ortho intramolecular Hbond substituents is 1. The molecule has 5 heteroatoms. The summed E-state index contributed by atoms with van der Waals surface area (Å²) in [7, 11) is 0. The van der Waals surface area contributed by atoms with E-state index in [0.717, 1.165) is 28.8 Å².